The molecule has 118 valence electrons. The van der Waals surface area contributed by atoms with Crippen molar-refractivity contribution in [2.45, 2.75) is 26.4 Å². The van der Waals surface area contributed by atoms with Crippen LogP contribution in [0.15, 0.2) is 54.7 Å². The van der Waals surface area contributed by atoms with Crippen molar-refractivity contribution in [1.82, 2.24) is 4.90 Å². The predicted molar refractivity (Wildman–Crippen MR) is 95.2 cm³/mol. The van der Waals surface area contributed by atoms with Crippen LogP contribution < -0.4 is 5.32 Å². The van der Waals surface area contributed by atoms with E-state index < -0.39 is 0 Å². The zero-order chi connectivity index (χ0) is 16.4. The number of nitrogens with zero attached hydrogens (tertiary/aromatic N) is 1. The summed E-state index contributed by atoms with van der Waals surface area (Å²) in [6, 6.07) is 16.0. The van der Waals surface area contributed by atoms with E-state index in [1.807, 2.05) is 36.5 Å². The van der Waals surface area contributed by atoms with Gasteiger partial charge in [0.15, 0.2) is 0 Å². The number of hydrogen-bond donors (Lipinski definition) is 1. The first-order chi connectivity index (χ1) is 11.0. The molecule has 2 aromatic carbocycles. The van der Waals surface area contributed by atoms with Crippen molar-refractivity contribution >= 4 is 28.8 Å². The summed E-state index contributed by atoms with van der Waals surface area (Å²) in [5.41, 5.74) is 3.57. The Kier molecular flexibility index (Phi) is 4.39. The summed E-state index contributed by atoms with van der Waals surface area (Å²) in [4.78, 5) is 14.5. The monoisotopic (exact) mass is 326 g/mol. The van der Waals surface area contributed by atoms with Crippen molar-refractivity contribution in [3.63, 3.8) is 0 Å². The first-order valence-corrected chi connectivity index (χ1v) is 8.05. The molecule has 3 rings (SSSR count). The summed E-state index contributed by atoms with van der Waals surface area (Å²) >= 11 is 6.00. The lowest BCUT2D eigenvalue weighted by atomic mass is 10.1. The lowest BCUT2D eigenvalue weighted by molar-refractivity contribution is -0.110. The Hall–Kier alpha value is -2.26. The first kappa shape index (κ1) is 15.6. The molecule has 0 aliphatic carbocycles. The van der Waals surface area contributed by atoms with E-state index in [1.54, 1.807) is 6.07 Å². The van der Waals surface area contributed by atoms with E-state index in [9.17, 15) is 4.79 Å². The number of carbonyl (C=O) groups excluding carboxylic acids is 1. The van der Waals surface area contributed by atoms with Gasteiger partial charge in [-0.2, -0.15) is 0 Å². The Morgan fingerprint density at radius 2 is 1.91 bits per heavy atom. The van der Waals surface area contributed by atoms with E-state index >= 15 is 0 Å². The summed E-state index contributed by atoms with van der Waals surface area (Å²) in [5.74, 6) is -0.0824. The van der Waals surface area contributed by atoms with Gasteiger partial charge < -0.3 is 10.2 Å². The number of anilines is 1. The molecule has 0 aromatic heterocycles. The van der Waals surface area contributed by atoms with Crippen LogP contribution >= 0.6 is 11.6 Å². The van der Waals surface area contributed by atoms with Crippen LogP contribution in [0.2, 0.25) is 5.02 Å². The van der Waals surface area contributed by atoms with Crippen LogP contribution in [0.1, 0.15) is 25.0 Å². The van der Waals surface area contributed by atoms with Crippen LogP contribution in [0.3, 0.4) is 0 Å². The number of rotatable bonds is 4. The average molecular weight is 327 g/mol. The molecule has 2 aromatic rings. The lowest BCUT2D eigenvalue weighted by Gasteiger charge is -2.25. The molecule has 0 bridgehead atoms. The van der Waals surface area contributed by atoms with Gasteiger partial charge in [-0.15, -0.1) is 0 Å². The smallest absolute Gasteiger partial charge is 0.257 e. The Bertz CT molecular complexity index is 753. The summed E-state index contributed by atoms with van der Waals surface area (Å²) in [7, 11) is 0. The van der Waals surface area contributed by atoms with Gasteiger partial charge in [0.1, 0.15) is 0 Å². The van der Waals surface area contributed by atoms with Gasteiger partial charge in [0.2, 0.25) is 0 Å². The molecule has 1 aliphatic heterocycles. The maximum absolute atomic E-state index is 12.3. The van der Waals surface area contributed by atoms with Crippen molar-refractivity contribution in [1.29, 1.82) is 0 Å². The molecule has 3 nitrogen and oxygen atoms in total. The third-order valence-corrected chi connectivity index (χ3v) is 4.17. The second kappa shape index (κ2) is 6.47. The van der Waals surface area contributed by atoms with Crippen LogP contribution in [-0.2, 0) is 11.3 Å². The highest BCUT2D eigenvalue weighted by atomic mass is 35.5. The number of hydrogen-bond acceptors (Lipinski definition) is 2. The Labute approximate surface area is 141 Å². The van der Waals surface area contributed by atoms with E-state index in [0.717, 1.165) is 17.8 Å². The summed E-state index contributed by atoms with van der Waals surface area (Å²) in [6.07, 6.45) is 1.95. The van der Waals surface area contributed by atoms with Gasteiger partial charge in [-0.25, -0.2) is 0 Å². The molecule has 4 heteroatoms. The lowest BCUT2D eigenvalue weighted by Crippen LogP contribution is -2.26. The van der Waals surface area contributed by atoms with Gasteiger partial charge >= 0.3 is 0 Å². The molecule has 1 aliphatic rings. The van der Waals surface area contributed by atoms with Gasteiger partial charge in [0.25, 0.3) is 5.91 Å². The first-order valence-electron chi connectivity index (χ1n) is 7.67. The molecule has 0 spiro atoms. The quantitative estimate of drug-likeness (QED) is 0.836. The van der Waals surface area contributed by atoms with E-state index in [4.69, 9.17) is 11.6 Å². The molecule has 0 saturated carbocycles. The second-order valence-corrected chi connectivity index (χ2v) is 6.37. The fourth-order valence-electron chi connectivity index (χ4n) is 2.63. The van der Waals surface area contributed by atoms with Crippen LogP contribution in [-0.4, -0.2) is 16.8 Å². The minimum Gasteiger partial charge on any atom is -0.370 e. The largest absolute Gasteiger partial charge is 0.370 e. The molecule has 0 fully saturated rings. The highest BCUT2D eigenvalue weighted by Crippen LogP contribution is 2.34. The van der Waals surface area contributed by atoms with Crippen molar-refractivity contribution in [2.75, 3.05) is 5.32 Å². The molecular formula is C19H19ClN2O. The van der Waals surface area contributed by atoms with Crippen molar-refractivity contribution in [3.05, 3.63) is 70.9 Å². The molecule has 0 radical (unpaired) electrons. The highest BCUT2D eigenvalue weighted by Gasteiger charge is 2.25. The minimum absolute atomic E-state index is 0.0824. The maximum Gasteiger partial charge on any atom is 0.257 e. The van der Waals surface area contributed by atoms with E-state index in [0.29, 0.717) is 10.6 Å². The van der Waals surface area contributed by atoms with Crippen LogP contribution in [0, 0.1) is 0 Å². The van der Waals surface area contributed by atoms with Gasteiger partial charge in [-0.3, -0.25) is 4.79 Å². The van der Waals surface area contributed by atoms with Crippen LogP contribution in [0.4, 0.5) is 5.69 Å². The van der Waals surface area contributed by atoms with Crippen molar-refractivity contribution in [3.8, 4) is 0 Å². The molecule has 1 heterocycles. The maximum atomic E-state index is 12.3. The number of benzene rings is 2. The normalized spacial score (nSPS) is 15.0. The predicted octanol–water partition coefficient (Wildman–Crippen LogP) is 4.54. The number of nitrogens with one attached hydrogen (secondary N) is 1. The topological polar surface area (TPSA) is 32.3 Å². The summed E-state index contributed by atoms with van der Waals surface area (Å²) in [5, 5.41) is 3.50. The van der Waals surface area contributed by atoms with E-state index in [1.165, 1.54) is 5.56 Å². The Morgan fingerprint density at radius 1 is 1.17 bits per heavy atom. The van der Waals surface area contributed by atoms with E-state index in [2.05, 4.69) is 36.2 Å². The molecule has 0 unspecified atom stereocenters. The summed E-state index contributed by atoms with van der Waals surface area (Å²) < 4.78 is 0. The van der Waals surface area contributed by atoms with Gasteiger partial charge in [-0.1, -0.05) is 48.0 Å². The zero-order valence-electron chi connectivity index (χ0n) is 13.2. The Balaban J connectivity index is 1.93. The fourth-order valence-corrected chi connectivity index (χ4v) is 2.80. The Morgan fingerprint density at radius 3 is 2.61 bits per heavy atom. The standard InChI is InChI=1S/C19H19ClN2O/c1-13(2)22(11-14-6-4-3-5-7-14)12-17-16-9-8-15(20)10-18(16)21-19(17)23/h3-10,12-13H,11H2,1-2H3,(H,21,23)/b17-12+. The second-order valence-electron chi connectivity index (χ2n) is 5.94. The molecule has 0 atom stereocenters. The zero-order valence-corrected chi connectivity index (χ0v) is 14.0. The fraction of sp³-hybridized carbons (Fsp3) is 0.211. The molecule has 1 N–H and O–H groups in total. The minimum atomic E-state index is -0.0824. The average Bonchev–Trinajstić information content (AvgIpc) is 2.82. The number of amides is 1. The molecular weight excluding hydrogens is 308 g/mol. The number of halogens is 1. The van der Waals surface area contributed by atoms with Gasteiger partial charge in [-0.05, 0) is 31.5 Å². The van der Waals surface area contributed by atoms with Gasteiger partial charge in [0, 0.05) is 29.4 Å². The number of carbonyl (C=O) groups is 1. The summed E-state index contributed by atoms with van der Waals surface area (Å²) in [6.45, 7) is 5.00. The number of fused-ring (bicyclic) bond motifs is 1. The third-order valence-electron chi connectivity index (χ3n) is 3.93. The van der Waals surface area contributed by atoms with Crippen LogP contribution in [0.5, 0.6) is 0 Å². The van der Waals surface area contributed by atoms with E-state index in [-0.39, 0.29) is 11.9 Å². The van der Waals surface area contributed by atoms with Gasteiger partial charge in [0.05, 0.1) is 11.3 Å². The van der Waals surface area contributed by atoms with Crippen molar-refractivity contribution < 1.29 is 4.79 Å². The molecule has 23 heavy (non-hydrogen) atoms. The third kappa shape index (κ3) is 3.40. The molecule has 0 saturated heterocycles. The SMILES string of the molecule is CC(C)N(/C=C1/C(=O)Nc2cc(Cl)ccc21)Cc1ccccc1. The van der Waals surface area contributed by atoms with Crippen molar-refractivity contribution in [2.24, 2.45) is 0 Å². The molecule has 1 amide bonds. The van der Waals surface area contributed by atoms with Crippen LogP contribution in [0.25, 0.3) is 5.57 Å². The highest BCUT2D eigenvalue weighted by molar-refractivity contribution is 6.34.